The molecule has 0 aliphatic heterocycles. The number of halogens is 1. The quantitative estimate of drug-likeness (QED) is 0.787. The SMILES string of the molecule is Cc1c(-c2ccc(C#N)c(Cl)c2)c(N)nn1Cc1ccsc1. The molecule has 0 bridgehead atoms. The number of thiophene rings is 1. The first kappa shape index (κ1) is 14.6. The Kier molecular flexibility index (Phi) is 3.88. The lowest BCUT2D eigenvalue weighted by Gasteiger charge is -2.05. The zero-order valence-corrected chi connectivity index (χ0v) is 13.4. The van der Waals surface area contributed by atoms with Gasteiger partial charge in [-0.3, -0.25) is 4.68 Å². The zero-order valence-electron chi connectivity index (χ0n) is 11.9. The molecule has 0 saturated heterocycles. The molecule has 0 fully saturated rings. The van der Waals surface area contributed by atoms with Gasteiger partial charge in [0.1, 0.15) is 6.07 Å². The minimum atomic E-state index is 0.421. The van der Waals surface area contributed by atoms with Gasteiger partial charge in [0.2, 0.25) is 0 Å². The second kappa shape index (κ2) is 5.84. The number of benzene rings is 1. The Hall–Kier alpha value is -2.29. The Morgan fingerprint density at radius 1 is 1.41 bits per heavy atom. The number of nitrogens with zero attached hydrogens (tertiary/aromatic N) is 3. The standard InChI is InChI=1S/C16H13ClN4S/c1-10-15(12-2-3-13(7-18)14(17)6-12)16(19)20-21(10)8-11-4-5-22-9-11/h2-6,9H,8H2,1H3,(H2,19,20). The van der Waals surface area contributed by atoms with Crippen LogP contribution in [0.1, 0.15) is 16.8 Å². The molecule has 22 heavy (non-hydrogen) atoms. The lowest BCUT2D eigenvalue weighted by atomic mass is 10.0. The topological polar surface area (TPSA) is 67.6 Å². The maximum Gasteiger partial charge on any atom is 0.153 e. The van der Waals surface area contributed by atoms with Gasteiger partial charge >= 0.3 is 0 Å². The second-order valence-corrected chi connectivity index (χ2v) is 6.13. The van der Waals surface area contributed by atoms with Gasteiger partial charge in [0.15, 0.2) is 5.82 Å². The molecule has 2 heterocycles. The van der Waals surface area contributed by atoms with Crippen molar-refractivity contribution in [2.24, 2.45) is 0 Å². The Bertz CT molecular complexity index is 859. The molecule has 0 radical (unpaired) electrons. The van der Waals surface area contributed by atoms with Crippen LogP contribution in [0.4, 0.5) is 5.82 Å². The van der Waals surface area contributed by atoms with Crippen molar-refractivity contribution in [2.45, 2.75) is 13.5 Å². The third kappa shape index (κ3) is 2.59. The highest BCUT2D eigenvalue weighted by Gasteiger charge is 2.15. The van der Waals surface area contributed by atoms with Crippen molar-refractivity contribution in [1.29, 1.82) is 5.26 Å². The minimum Gasteiger partial charge on any atom is -0.382 e. The highest BCUT2D eigenvalue weighted by molar-refractivity contribution is 7.07. The Balaban J connectivity index is 2.03. The van der Waals surface area contributed by atoms with E-state index in [1.807, 2.05) is 23.1 Å². The largest absolute Gasteiger partial charge is 0.382 e. The van der Waals surface area contributed by atoms with Crippen LogP contribution in [-0.2, 0) is 6.54 Å². The van der Waals surface area contributed by atoms with Crippen LogP contribution in [0.2, 0.25) is 5.02 Å². The molecule has 0 aliphatic rings. The van der Waals surface area contributed by atoms with Gasteiger partial charge < -0.3 is 5.73 Å². The summed E-state index contributed by atoms with van der Waals surface area (Å²) in [5.41, 5.74) is 10.4. The summed E-state index contributed by atoms with van der Waals surface area (Å²) in [6.07, 6.45) is 0. The fourth-order valence-electron chi connectivity index (χ4n) is 2.40. The van der Waals surface area contributed by atoms with E-state index in [4.69, 9.17) is 22.6 Å². The summed E-state index contributed by atoms with van der Waals surface area (Å²) >= 11 is 7.77. The number of hydrogen-bond donors (Lipinski definition) is 1. The van der Waals surface area contributed by atoms with E-state index >= 15 is 0 Å². The predicted octanol–water partition coefficient (Wildman–Crippen LogP) is 4.08. The Morgan fingerprint density at radius 3 is 2.86 bits per heavy atom. The molecule has 3 rings (SSSR count). The summed E-state index contributed by atoms with van der Waals surface area (Å²) in [4.78, 5) is 0. The molecular weight excluding hydrogens is 316 g/mol. The smallest absolute Gasteiger partial charge is 0.153 e. The molecule has 0 atom stereocenters. The molecule has 0 saturated carbocycles. The molecule has 1 aromatic carbocycles. The van der Waals surface area contributed by atoms with Crippen LogP contribution in [0.15, 0.2) is 35.0 Å². The van der Waals surface area contributed by atoms with E-state index in [-0.39, 0.29) is 0 Å². The highest BCUT2D eigenvalue weighted by Crippen LogP contribution is 2.32. The third-order valence-electron chi connectivity index (χ3n) is 3.52. The van der Waals surface area contributed by atoms with Gasteiger partial charge in [-0.15, -0.1) is 0 Å². The van der Waals surface area contributed by atoms with E-state index in [2.05, 4.69) is 22.6 Å². The molecule has 4 nitrogen and oxygen atoms in total. The van der Waals surface area contributed by atoms with Gasteiger partial charge in [0.25, 0.3) is 0 Å². The van der Waals surface area contributed by atoms with Crippen LogP contribution in [0.5, 0.6) is 0 Å². The van der Waals surface area contributed by atoms with E-state index in [0.29, 0.717) is 22.9 Å². The minimum absolute atomic E-state index is 0.421. The van der Waals surface area contributed by atoms with Gasteiger partial charge in [-0.05, 0) is 47.0 Å². The van der Waals surface area contributed by atoms with Crippen molar-refractivity contribution in [3.8, 4) is 17.2 Å². The molecule has 0 unspecified atom stereocenters. The number of aromatic nitrogens is 2. The molecule has 0 aliphatic carbocycles. The van der Waals surface area contributed by atoms with Crippen LogP contribution in [-0.4, -0.2) is 9.78 Å². The van der Waals surface area contributed by atoms with Crippen molar-refractivity contribution < 1.29 is 0 Å². The van der Waals surface area contributed by atoms with Crippen molar-refractivity contribution in [2.75, 3.05) is 5.73 Å². The second-order valence-electron chi connectivity index (χ2n) is 4.94. The summed E-state index contributed by atoms with van der Waals surface area (Å²) in [5, 5.41) is 17.9. The molecule has 110 valence electrons. The molecule has 2 N–H and O–H groups in total. The van der Waals surface area contributed by atoms with Crippen molar-refractivity contribution >= 4 is 28.8 Å². The molecule has 6 heteroatoms. The van der Waals surface area contributed by atoms with Crippen LogP contribution in [0, 0.1) is 18.3 Å². The van der Waals surface area contributed by atoms with Crippen LogP contribution in [0.3, 0.4) is 0 Å². The van der Waals surface area contributed by atoms with Crippen molar-refractivity contribution in [3.05, 3.63) is 56.9 Å². The average Bonchev–Trinajstić information content (AvgIpc) is 3.08. The third-order valence-corrected chi connectivity index (χ3v) is 4.57. The number of nitriles is 1. The van der Waals surface area contributed by atoms with Crippen LogP contribution >= 0.6 is 22.9 Å². The fraction of sp³-hybridized carbons (Fsp3) is 0.125. The van der Waals surface area contributed by atoms with E-state index in [0.717, 1.165) is 16.8 Å². The predicted molar refractivity (Wildman–Crippen MR) is 90.0 cm³/mol. The summed E-state index contributed by atoms with van der Waals surface area (Å²) in [6.45, 7) is 2.67. The highest BCUT2D eigenvalue weighted by atomic mass is 35.5. The monoisotopic (exact) mass is 328 g/mol. The number of rotatable bonds is 3. The number of hydrogen-bond acceptors (Lipinski definition) is 4. The lowest BCUT2D eigenvalue weighted by Crippen LogP contribution is -2.03. The Labute approximate surface area is 137 Å². The molecule has 0 amide bonds. The Morgan fingerprint density at radius 2 is 2.23 bits per heavy atom. The van der Waals surface area contributed by atoms with E-state index in [1.54, 1.807) is 23.5 Å². The van der Waals surface area contributed by atoms with E-state index in [9.17, 15) is 0 Å². The molecule has 2 aromatic heterocycles. The molecule has 3 aromatic rings. The first-order valence-electron chi connectivity index (χ1n) is 6.64. The van der Waals surface area contributed by atoms with Gasteiger partial charge in [-0.1, -0.05) is 17.7 Å². The number of anilines is 1. The van der Waals surface area contributed by atoms with Crippen molar-refractivity contribution in [3.63, 3.8) is 0 Å². The fourth-order valence-corrected chi connectivity index (χ4v) is 3.28. The van der Waals surface area contributed by atoms with Crippen molar-refractivity contribution in [1.82, 2.24) is 9.78 Å². The van der Waals surface area contributed by atoms with E-state index in [1.165, 1.54) is 5.56 Å². The summed E-state index contributed by atoms with van der Waals surface area (Å²) < 4.78 is 1.89. The number of nitrogen functional groups attached to an aromatic ring is 1. The van der Waals surface area contributed by atoms with E-state index < -0.39 is 0 Å². The van der Waals surface area contributed by atoms with Crippen LogP contribution < -0.4 is 5.73 Å². The average molecular weight is 329 g/mol. The summed E-state index contributed by atoms with van der Waals surface area (Å²) in [6, 6.07) is 9.43. The summed E-state index contributed by atoms with van der Waals surface area (Å²) in [5.74, 6) is 0.466. The normalized spacial score (nSPS) is 10.6. The zero-order chi connectivity index (χ0) is 15.7. The maximum atomic E-state index is 8.96. The first-order valence-corrected chi connectivity index (χ1v) is 7.96. The van der Waals surface area contributed by atoms with Gasteiger partial charge in [-0.2, -0.15) is 21.7 Å². The van der Waals surface area contributed by atoms with Crippen LogP contribution in [0.25, 0.3) is 11.1 Å². The molecular formula is C16H13ClN4S. The van der Waals surface area contributed by atoms with Gasteiger partial charge in [-0.25, -0.2) is 0 Å². The lowest BCUT2D eigenvalue weighted by molar-refractivity contribution is 0.670. The summed E-state index contributed by atoms with van der Waals surface area (Å²) in [7, 11) is 0. The molecule has 0 spiro atoms. The van der Waals surface area contributed by atoms with Gasteiger partial charge in [0, 0.05) is 11.3 Å². The first-order chi connectivity index (χ1) is 10.6. The maximum absolute atomic E-state index is 8.96. The number of nitrogens with two attached hydrogens (primary N) is 1. The van der Waals surface area contributed by atoms with Gasteiger partial charge in [0.05, 0.1) is 17.1 Å².